The van der Waals surface area contributed by atoms with Crippen LogP contribution in [-0.2, 0) is 57.2 Å². The standard InChI is InChI=1S/C32H53N7O16/c1-12(28(47)39-16(27(34)46)7-8-20(43)38-17(30(49)50)6-5-9-33)35-29(48)13(2)52-26-22(37-15(4)42)31-51-11-19(54-31)25(26)55-32-21(36-14(3)41)24(45)23(44)18(10-40)53-32/h12-13,16-19,21-26,31-32,40,44-45H,5-11,33H2,1-4H3,(H2,34,46)(H,35,48)(H,36,41)(H,37,42)(H,38,43)(H,39,47)(H,49,50). The molecule has 0 aliphatic carbocycles. The van der Waals surface area contributed by atoms with Crippen molar-refractivity contribution < 1.29 is 77.7 Å². The van der Waals surface area contributed by atoms with E-state index in [1.165, 1.54) is 20.8 Å². The number of primary amides is 1. The fourth-order valence-corrected chi connectivity index (χ4v) is 6.22. The van der Waals surface area contributed by atoms with E-state index in [1.54, 1.807) is 0 Å². The van der Waals surface area contributed by atoms with Crippen LogP contribution < -0.4 is 38.1 Å². The topological polar surface area (TPSA) is 359 Å². The number of nitrogens with two attached hydrogens (primary N) is 2. The smallest absolute Gasteiger partial charge is 0.326 e. The maximum absolute atomic E-state index is 13.4. The molecule has 3 aliphatic heterocycles. The number of nitrogens with one attached hydrogen (secondary N) is 5. The first-order valence-corrected chi connectivity index (χ1v) is 17.7. The van der Waals surface area contributed by atoms with Gasteiger partial charge in [-0.15, -0.1) is 0 Å². The van der Waals surface area contributed by atoms with Gasteiger partial charge in [0.25, 0.3) is 0 Å². The second-order valence-corrected chi connectivity index (χ2v) is 13.5. The zero-order valence-corrected chi connectivity index (χ0v) is 30.9. The van der Waals surface area contributed by atoms with Crippen molar-refractivity contribution in [2.24, 2.45) is 11.5 Å². The summed E-state index contributed by atoms with van der Waals surface area (Å²) in [7, 11) is 0. The van der Waals surface area contributed by atoms with E-state index in [9.17, 15) is 54.0 Å². The van der Waals surface area contributed by atoms with E-state index in [-0.39, 0.29) is 32.4 Å². The number of carboxylic acids is 1. The molecule has 14 unspecified atom stereocenters. The summed E-state index contributed by atoms with van der Waals surface area (Å²) in [5.74, 6) is -5.79. The van der Waals surface area contributed by atoms with Gasteiger partial charge in [-0.25, -0.2) is 4.79 Å². The number of carbonyl (C=O) groups is 7. The van der Waals surface area contributed by atoms with Crippen molar-refractivity contribution in [3.8, 4) is 0 Å². The zero-order valence-electron chi connectivity index (χ0n) is 30.9. The minimum absolute atomic E-state index is 0.0771. The number of aliphatic hydroxyl groups excluding tert-OH is 3. The summed E-state index contributed by atoms with van der Waals surface area (Å²) in [4.78, 5) is 86.5. The molecule has 0 aromatic carbocycles. The second-order valence-electron chi connectivity index (χ2n) is 13.5. The molecular weight excluding hydrogens is 738 g/mol. The third-order valence-corrected chi connectivity index (χ3v) is 9.12. The first-order chi connectivity index (χ1) is 25.9. The Balaban J connectivity index is 1.71. The van der Waals surface area contributed by atoms with Crippen molar-refractivity contribution in [2.45, 2.75) is 139 Å². The highest BCUT2D eigenvalue weighted by molar-refractivity contribution is 5.92. The number of carbonyl (C=O) groups excluding carboxylic acids is 6. The van der Waals surface area contributed by atoms with Gasteiger partial charge in [-0.3, -0.25) is 28.8 Å². The van der Waals surface area contributed by atoms with Gasteiger partial charge in [0.1, 0.15) is 72.9 Å². The fourth-order valence-electron chi connectivity index (χ4n) is 6.22. The van der Waals surface area contributed by atoms with Crippen molar-refractivity contribution in [1.29, 1.82) is 0 Å². The van der Waals surface area contributed by atoms with Crippen molar-refractivity contribution >= 4 is 41.4 Å². The Morgan fingerprint density at radius 3 is 2.09 bits per heavy atom. The Bertz CT molecular complexity index is 1390. The number of amides is 6. The Hall–Kier alpha value is -4.07. The zero-order chi connectivity index (χ0) is 41.1. The summed E-state index contributed by atoms with van der Waals surface area (Å²) in [6, 6.07) is -6.29. The normalized spacial score (nSPS) is 30.8. The molecule has 0 aromatic heterocycles. The van der Waals surface area contributed by atoms with Gasteiger partial charge in [0.2, 0.25) is 35.4 Å². The molecule has 23 nitrogen and oxygen atoms in total. The van der Waals surface area contributed by atoms with Gasteiger partial charge < -0.3 is 82.2 Å². The molecule has 3 heterocycles. The molecular formula is C32H53N7O16. The maximum Gasteiger partial charge on any atom is 0.326 e. The quantitative estimate of drug-likeness (QED) is 0.0546. The summed E-state index contributed by atoms with van der Waals surface area (Å²) >= 11 is 0. The van der Waals surface area contributed by atoms with Gasteiger partial charge in [-0.1, -0.05) is 0 Å². The molecule has 3 aliphatic rings. The van der Waals surface area contributed by atoms with Crippen LogP contribution in [0.15, 0.2) is 0 Å². The molecule has 3 fully saturated rings. The fraction of sp³-hybridized carbons (Fsp3) is 0.781. The number of rotatable bonds is 20. The monoisotopic (exact) mass is 791 g/mol. The van der Waals surface area contributed by atoms with Crippen LogP contribution in [0.5, 0.6) is 0 Å². The van der Waals surface area contributed by atoms with Gasteiger partial charge in [0, 0.05) is 20.3 Å². The summed E-state index contributed by atoms with van der Waals surface area (Å²) in [5.41, 5.74) is 10.8. The Labute approximate surface area is 315 Å². The number of hydrogen-bond donors (Lipinski definition) is 11. The van der Waals surface area contributed by atoms with E-state index in [0.29, 0.717) is 6.42 Å². The van der Waals surface area contributed by atoms with Crippen LogP contribution in [0, 0.1) is 0 Å². The molecule has 0 radical (unpaired) electrons. The third kappa shape index (κ3) is 12.5. The Morgan fingerprint density at radius 2 is 1.51 bits per heavy atom. The number of carboxylic acid groups (broad SMARTS) is 1. The van der Waals surface area contributed by atoms with Gasteiger partial charge in [-0.05, 0) is 39.7 Å². The largest absolute Gasteiger partial charge is 0.480 e. The SMILES string of the molecule is CC(=O)NC1C(OC2C3COC(O3)C(NC(C)=O)C2OC(C)C(=O)NC(C)C(=O)NC(CCC(=O)NC(CCCN)C(=O)O)C(N)=O)OC(CO)C(O)C1O. The van der Waals surface area contributed by atoms with E-state index in [4.69, 9.17) is 35.2 Å². The molecule has 55 heavy (non-hydrogen) atoms. The summed E-state index contributed by atoms with van der Waals surface area (Å²) in [6.07, 6.45) is -12.1. The summed E-state index contributed by atoms with van der Waals surface area (Å²) in [6.45, 7) is 4.42. The lowest BCUT2D eigenvalue weighted by Gasteiger charge is -2.47. The molecule has 3 saturated heterocycles. The summed E-state index contributed by atoms with van der Waals surface area (Å²) < 4.78 is 29.7. The van der Waals surface area contributed by atoms with Crippen LogP contribution in [0.25, 0.3) is 0 Å². The molecule has 23 heteroatoms. The average Bonchev–Trinajstić information content (AvgIpc) is 3.56. The van der Waals surface area contributed by atoms with Gasteiger partial charge >= 0.3 is 5.97 Å². The molecule has 3 rings (SSSR count). The lowest BCUT2D eigenvalue weighted by atomic mass is 9.95. The van der Waals surface area contributed by atoms with E-state index >= 15 is 0 Å². The van der Waals surface area contributed by atoms with Crippen molar-refractivity contribution in [3.05, 3.63) is 0 Å². The van der Waals surface area contributed by atoms with Crippen LogP contribution in [0.1, 0.15) is 53.4 Å². The lowest BCUT2D eigenvalue weighted by molar-refractivity contribution is -0.313. The first kappa shape index (κ1) is 45.3. The van der Waals surface area contributed by atoms with Crippen LogP contribution in [0.4, 0.5) is 0 Å². The van der Waals surface area contributed by atoms with Crippen LogP contribution in [0.2, 0.25) is 0 Å². The first-order valence-electron chi connectivity index (χ1n) is 17.7. The second kappa shape index (κ2) is 20.7. The Kier molecular flexibility index (Phi) is 17.1. The van der Waals surface area contributed by atoms with E-state index in [0.717, 1.165) is 6.92 Å². The molecule has 6 amide bonds. The summed E-state index contributed by atoms with van der Waals surface area (Å²) in [5, 5.41) is 52.5. The molecule has 0 saturated carbocycles. The minimum atomic E-state index is -1.65. The number of fused-ring (bicyclic) bond motifs is 2. The molecule has 0 aromatic rings. The molecule has 13 N–H and O–H groups in total. The van der Waals surface area contributed by atoms with Gasteiger partial charge in [-0.2, -0.15) is 0 Å². The van der Waals surface area contributed by atoms with Crippen LogP contribution >= 0.6 is 0 Å². The number of aliphatic carboxylic acids is 1. The number of hydrogen-bond acceptors (Lipinski definition) is 16. The highest BCUT2D eigenvalue weighted by Crippen LogP contribution is 2.35. The predicted octanol–water partition coefficient (Wildman–Crippen LogP) is -6.09. The molecule has 2 bridgehead atoms. The Morgan fingerprint density at radius 1 is 0.855 bits per heavy atom. The number of ether oxygens (including phenoxy) is 5. The van der Waals surface area contributed by atoms with Crippen LogP contribution in [-0.4, -0.2) is 167 Å². The minimum Gasteiger partial charge on any atom is -0.480 e. The third-order valence-electron chi connectivity index (χ3n) is 9.12. The average molecular weight is 792 g/mol. The lowest BCUT2D eigenvalue weighted by Crippen LogP contribution is -2.68. The maximum atomic E-state index is 13.4. The molecule has 0 spiro atoms. The van der Waals surface area contributed by atoms with Crippen molar-refractivity contribution in [1.82, 2.24) is 26.6 Å². The highest BCUT2D eigenvalue weighted by Gasteiger charge is 2.56. The van der Waals surface area contributed by atoms with E-state index in [2.05, 4.69) is 26.6 Å². The van der Waals surface area contributed by atoms with Crippen molar-refractivity contribution in [3.63, 3.8) is 0 Å². The van der Waals surface area contributed by atoms with Crippen LogP contribution in [0.3, 0.4) is 0 Å². The van der Waals surface area contributed by atoms with Gasteiger partial charge in [0.15, 0.2) is 12.6 Å². The van der Waals surface area contributed by atoms with E-state index in [1.807, 2.05) is 0 Å². The van der Waals surface area contributed by atoms with E-state index < -0.39 is 134 Å². The highest BCUT2D eigenvalue weighted by atomic mass is 16.8. The van der Waals surface area contributed by atoms with Gasteiger partial charge in [0.05, 0.1) is 13.2 Å². The molecule has 312 valence electrons. The number of aliphatic hydroxyl groups is 3. The predicted molar refractivity (Wildman–Crippen MR) is 183 cm³/mol. The molecule has 14 atom stereocenters. The van der Waals surface area contributed by atoms with Crippen molar-refractivity contribution in [2.75, 3.05) is 19.8 Å².